The van der Waals surface area contributed by atoms with Crippen molar-refractivity contribution in [1.29, 1.82) is 0 Å². The molecule has 2 aromatic rings. The zero-order chi connectivity index (χ0) is 18.1. The van der Waals surface area contributed by atoms with E-state index < -0.39 is 18.0 Å². The van der Waals surface area contributed by atoms with Crippen LogP contribution in [0.3, 0.4) is 0 Å². The van der Waals surface area contributed by atoms with Gasteiger partial charge in [-0.3, -0.25) is 4.79 Å². The standard InChI is InChI=1S/C16H16N4O5/c17-12-11(16(23)24)15(25-10-5-9(21)6-10)20-14(19-12)8-3-1-2-7(4-8)13(18)22/h1-4,9-10,21H,5-6H2,(H2,18,22)(H,23,24)(H2,17,19,20). The number of aromatic nitrogens is 2. The predicted molar refractivity (Wildman–Crippen MR) is 87.0 cm³/mol. The maximum absolute atomic E-state index is 11.4. The molecule has 0 atom stereocenters. The lowest BCUT2D eigenvalue weighted by atomic mass is 9.92. The minimum absolute atomic E-state index is 0.112. The number of aromatic carboxylic acids is 1. The van der Waals surface area contributed by atoms with E-state index in [1.54, 1.807) is 12.1 Å². The molecule has 0 bridgehead atoms. The molecular formula is C16H16N4O5. The fourth-order valence-corrected chi connectivity index (χ4v) is 2.48. The van der Waals surface area contributed by atoms with Gasteiger partial charge >= 0.3 is 5.97 Å². The van der Waals surface area contributed by atoms with E-state index in [1.807, 2.05) is 0 Å². The first kappa shape index (κ1) is 16.7. The van der Waals surface area contributed by atoms with Crippen molar-refractivity contribution in [2.45, 2.75) is 25.0 Å². The molecule has 1 amide bonds. The second-order valence-electron chi connectivity index (χ2n) is 5.73. The van der Waals surface area contributed by atoms with Gasteiger partial charge in [-0.25, -0.2) is 9.78 Å². The molecule has 0 unspecified atom stereocenters. The van der Waals surface area contributed by atoms with Gasteiger partial charge in [0.2, 0.25) is 11.8 Å². The number of anilines is 1. The van der Waals surface area contributed by atoms with Crippen LogP contribution in [0.15, 0.2) is 24.3 Å². The lowest BCUT2D eigenvalue weighted by molar-refractivity contribution is -0.0132. The second-order valence-corrected chi connectivity index (χ2v) is 5.73. The van der Waals surface area contributed by atoms with Crippen LogP contribution in [0.25, 0.3) is 11.4 Å². The smallest absolute Gasteiger partial charge is 0.345 e. The van der Waals surface area contributed by atoms with Gasteiger partial charge in [-0.1, -0.05) is 12.1 Å². The highest BCUT2D eigenvalue weighted by Gasteiger charge is 2.32. The summed E-state index contributed by atoms with van der Waals surface area (Å²) in [6, 6.07) is 6.25. The Bertz CT molecular complexity index is 848. The van der Waals surface area contributed by atoms with E-state index in [9.17, 15) is 19.8 Å². The minimum Gasteiger partial charge on any atom is -0.477 e. The van der Waals surface area contributed by atoms with Crippen LogP contribution in [-0.4, -0.2) is 44.3 Å². The maximum Gasteiger partial charge on any atom is 0.345 e. The molecule has 0 radical (unpaired) electrons. The number of ether oxygens (including phenoxy) is 1. The van der Waals surface area contributed by atoms with Crippen molar-refractivity contribution in [2.75, 3.05) is 5.73 Å². The molecule has 0 saturated heterocycles. The first-order chi connectivity index (χ1) is 11.8. The largest absolute Gasteiger partial charge is 0.477 e. The fraction of sp³-hybridized carbons (Fsp3) is 0.250. The number of hydrogen-bond acceptors (Lipinski definition) is 7. The van der Waals surface area contributed by atoms with Crippen LogP contribution < -0.4 is 16.2 Å². The zero-order valence-corrected chi connectivity index (χ0v) is 13.0. The number of amides is 1. The number of aliphatic hydroxyl groups excluding tert-OH is 1. The molecule has 6 N–H and O–H groups in total. The van der Waals surface area contributed by atoms with Crippen LogP contribution in [0.2, 0.25) is 0 Å². The average Bonchev–Trinajstić information content (AvgIpc) is 2.52. The van der Waals surface area contributed by atoms with E-state index in [0.29, 0.717) is 18.4 Å². The number of nitrogens with zero attached hydrogens (tertiary/aromatic N) is 2. The molecule has 1 aromatic carbocycles. The molecule has 25 heavy (non-hydrogen) atoms. The number of nitrogens with two attached hydrogens (primary N) is 2. The molecule has 1 fully saturated rings. The van der Waals surface area contributed by atoms with Crippen molar-refractivity contribution in [2.24, 2.45) is 5.73 Å². The van der Waals surface area contributed by atoms with E-state index in [-0.39, 0.29) is 34.8 Å². The monoisotopic (exact) mass is 344 g/mol. The van der Waals surface area contributed by atoms with Gasteiger partial charge in [0.15, 0.2) is 11.4 Å². The van der Waals surface area contributed by atoms with Gasteiger partial charge in [0.1, 0.15) is 11.9 Å². The topological polar surface area (TPSA) is 162 Å². The second kappa shape index (κ2) is 6.36. The zero-order valence-electron chi connectivity index (χ0n) is 13.0. The van der Waals surface area contributed by atoms with Gasteiger partial charge in [-0.15, -0.1) is 0 Å². The number of carboxylic acids is 1. The number of carbonyl (C=O) groups excluding carboxylic acids is 1. The molecule has 3 rings (SSSR count). The van der Waals surface area contributed by atoms with Crippen LogP contribution in [0.4, 0.5) is 5.82 Å². The van der Waals surface area contributed by atoms with Gasteiger partial charge in [-0.2, -0.15) is 4.98 Å². The Hall–Kier alpha value is -3.20. The lowest BCUT2D eigenvalue weighted by Gasteiger charge is -2.31. The Labute approximate surface area is 142 Å². The Morgan fingerprint density at radius 3 is 2.56 bits per heavy atom. The third kappa shape index (κ3) is 3.36. The van der Waals surface area contributed by atoms with Crippen molar-refractivity contribution < 1.29 is 24.5 Å². The van der Waals surface area contributed by atoms with Crippen LogP contribution in [0.5, 0.6) is 5.88 Å². The molecule has 1 saturated carbocycles. The summed E-state index contributed by atoms with van der Waals surface area (Å²) in [6.45, 7) is 0. The number of benzene rings is 1. The molecule has 1 aliphatic carbocycles. The third-order valence-electron chi connectivity index (χ3n) is 3.87. The summed E-state index contributed by atoms with van der Waals surface area (Å²) in [6.07, 6.45) is -0.0401. The van der Waals surface area contributed by atoms with Crippen LogP contribution in [0, 0.1) is 0 Å². The number of carboxylic acid groups (broad SMARTS) is 1. The first-order valence-electron chi connectivity index (χ1n) is 7.51. The predicted octanol–water partition coefficient (Wildman–Crippen LogP) is 0.425. The van der Waals surface area contributed by atoms with E-state index in [2.05, 4.69) is 9.97 Å². The number of rotatable bonds is 5. The third-order valence-corrected chi connectivity index (χ3v) is 3.87. The molecular weight excluding hydrogens is 328 g/mol. The Balaban J connectivity index is 2.03. The van der Waals surface area contributed by atoms with Crippen LogP contribution in [0.1, 0.15) is 33.6 Å². The van der Waals surface area contributed by atoms with Crippen molar-refractivity contribution in [1.82, 2.24) is 9.97 Å². The van der Waals surface area contributed by atoms with Gasteiger partial charge in [0, 0.05) is 24.0 Å². The van der Waals surface area contributed by atoms with E-state index >= 15 is 0 Å². The number of aliphatic hydroxyl groups is 1. The number of carbonyl (C=O) groups is 2. The minimum atomic E-state index is -1.31. The first-order valence-corrected chi connectivity index (χ1v) is 7.51. The van der Waals surface area contributed by atoms with Crippen LogP contribution >= 0.6 is 0 Å². The highest BCUT2D eigenvalue weighted by molar-refractivity contribution is 5.96. The normalized spacial score (nSPS) is 19.1. The van der Waals surface area contributed by atoms with Gasteiger partial charge < -0.3 is 26.4 Å². The summed E-state index contributed by atoms with van der Waals surface area (Å²) in [5, 5.41) is 18.7. The van der Waals surface area contributed by atoms with Crippen molar-refractivity contribution in [3.63, 3.8) is 0 Å². The Morgan fingerprint density at radius 1 is 1.24 bits per heavy atom. The number of nitrogen functional groups attached to an aromatic ring is 1. The molecule has 0 aliphatic heterocycles. The highest BCUT2D eigenvalue weighted by atomic mass is 16.5. The molecule has 9 heteroatoms. The van der Waals surface area contributed by atoms with Crippen molar-refractivity contribution in [3.8, 4) is 17.3 Å². The van der Waals surface area contributed by atoms with Crippen molar-refractivity contribution in [3.05, 3.63) is 35.4 Å². The summed E-state index contributed by atoms with van der Waals surface area (Å²) < 4.78 is 5.57. The van der Waals surface area contributed by atoms with E-state index in [0.717, 1.165) is 0 Å². The SMILES string of the molecule is NC(=O)c1cccc(-c2nc(N)c(C(=O)O)c(OC3CC(O)C3)n2)c1. The molecule has 1 aliphatic rings. The molecule has 1 heterocycles. The molecule has 1 aromatic heterocycles. The number of primary amides is 1. The van der Waals surface area contributed by atoms with Gasteiger partial charge in [0.05, 0.1) is 6.10 Å². The molecule has 130 valence electrons. The molecule has 9 nitrogen and oxygen atoms in total. The van der Waals surface area contributed by atoms with E-state index in [4.69, 9.17) is 16.2 Å². The average molecular weight is 344 g/mol. The number of hydrogen-bond donors (Lipinski definition) is 4. The summed E-state index contributed by atoms with van der Waals surface area (Å²) >= 11 is 0. The Morgan fingerprint density at radius 2 is 1.96 bits per heavy atom. The van der Waals surface area contributed by atoms with Crippen molar-refractivity contribution >= 4 is 17.7 Å². The van der Waals surface area contributed by atoms with Crippen LogP contribution in [-0.2, 0) is 0 Å². The van der Waals surface area contributed by atoms with E-state index in [1.165, 1.54) is 12.1 Å². The highest BCUT2D eigenvalue weighted by Crippen LogP contribution is 2.31. The summed E-state index contributed by atoms with van der Waals surface area (Å²) in [5.41, 5.74) is 11.4. The van der Waals surface area contributed by atoms with Gasteiger partial charge in [0.25, 0.3) is 0 Å². The molecule has 0 spiro atoms. The maximum atomic E-state index is 11.4. The summed E-state index contributed by atoms with van der Waals surface area (Å²) in [4.78, 5) is 30.9. The Kier molecular flexibility index (Phi) is 4.24. The fourth-order valence-electron chi connectivity index (χ4n) is 2.48. The summed E-state index contributed by atoms with van der Waals surface area (Å²) in [7, 11) is 0. The lowest BCUT2D eigenvalue weighted by Crippen LogP contribution is -2.38. The van der Waals surface area contributed by atoms with Gasteiger partial charge in [-0.05, 0) is 12.1 Å². The quantitative estimate of drug-likeness (QED) is 0.606. The summed E-state index contributed by atoms with van der Waals surface area (Å²) in [5.74, 6) is -2.24.